The highest BCUT2D eigenvalue weighted by Gasteiger charge is 2.19. The molecule has 0 aliphatic carbocycles. The van der Waals surface area contributed by atoms with Gasteiger partial charge in [0.1, 0.15) is 11.7 Å². The SMILES string of the molecule is CCOc1ccnc(-[n+]2cccc3cccc(SSC(C)(C)C)c32)n1. The summed E-state index contributed by atoms with van der Waals surface area (Å²) in [5.41, 5.74) is 1.11. The van der Waals surface area contributed by atoms with E-state index in [-0.39, 0.29) is 4.75 Å². The number of rotatable bonds is 5. The Hall–Kier alpha value is -1.79. The van der Waals surface area contributed by atoms with Crippen molar-refractivity contribution < 1.29 is 9.30 Å². The summed E-state index contributed by atoms with van der Waals surface area (Å²) in [4.78, 5) is 10.2. The zero-order chi connectivity index (χ0) is 17.9. The molecule has 3 rings (SSSR count). The van der Waals surface area contributed by atoms with Crippen LogP contribution in [0.15, 0.2) is 53.7 Å². The molecule has 0 unspecified atom stereocenters. The number of fused-ring (bicyclic) bond motifs is 1. The first-order valence-corrected chi connectivity index (χ1v) is 10.4. The number of hydrogen-bond donors (Lipinski definition) is 0. The van der Waals surface area contributed by atoms with Crippen LogP contribution in [-0.2, 0) is 0 Å². The molecule has 0 N–H and O–H groups in total. The fourth-order valence-electron chi connectivity index (χ4n) is 2.32. The highest BCUT2D eigenvalue weighted by Crippen LogP contribution is 2.42. The molecule has 0 fully saturated rings. The van der Waals surface area contributed by atoms with Gasteiger partial charge in [0, 0.05) is 10.1 Å². The van der Waals surface area contributed by atoms with Crippen LogP contribution in [0.1, 0.15) is 27.7 Å². The van der Waals surface area contributed by atoms with Crippen molar-refractivity contribution in [3.05, 3.63) is 48.8 Å². The molecule has 0 amide bonds. The third-order valence-electron chi connectivity index (χ3n) is 3.29. The molecule has 3 aromatic rings. The maximum absolute atomic E-state index is 5.53. The van der Waals surface area contributed by atoms with Crippen LogP contribution < -0.4 is 9.30 Å². The van der Waals surface area contributed by atoms with Crippen molar-refractivity contribution in [2.75, 3.05) is 6.61 Å². The van der Waals surface area contributed by atoms with E-state index in [1.54, 1.807) is 23.1 Å². The molecule has 25 heavy (non-hydrogen) atoms. The lowest BCUT2D eigenvalue weighted by Crippen LogP contribution is -2.34. The van der Waals surface area contributed by atoms with Gasteiger partial charge in [-0.15, -0.1) is 0 Å². The van der Waals surface area contributed by atoms with Gasteiger partial charge in [0.25, 0.3) is 5.88 Å². The van der Waals surface area contributed by atoms with Crippen LogP contribution in [0, 0.1) is 0 Å². The van der Waals surface area contributed by atoms with Gasteiger partial charge in [-0.3, -0.25) is 0 Å². The summed E-state index contributed by atoms with van der Waals surface area (Å²) in [6.07, 6.45) is 3.73. The first-order chi connectivity index (χ1) is 12.0. The maximum atomic E-state index is 5.53. The smallest absolute Gasteiger partial charge is 0.441 e. The minimum atomic E-state index is 0.178. The Kier molecular flexibility index (Phi) is 5.49. The Morgan fingerprint density at radius 3 is 2.68 bits per heavy atom. The number of para-hydroxylation sites is 1. The summed E-state index contributed by atoms with van der Waals surface area (Å²) in [6.45, 7) is 9.20. The van der Waals surface area contributed by atoms with E-state index in [0.29, 0.717) is 18.4 Å². The average molecular weight is 373 g/mol. The highest BCUT2D eigenvalue weighted by atomic mass is 33.1. The van der Waals surface area contributed by atoms with Crippen LogP contribution in [0.4, 0.5) is 0 Å². The molecule has 4 nitrogen and oxygen atoms in total. The van der Waals surface area contributed by atoms with E-state index >= 15 is 0 Å². The van der Waals surface area contributed by atoms with E-state index in [1.165, 1.54) is 4.90 Å². The molecule has 2 heterocycles. The van der Waals surface area contributed by atoms with Gasteiger partial charge < -0.3 is 4.74 Å². The van der Waals surface area contributed by atoms with Crippen LogP contribution in [0.5, 0.6) is 5.88 Å². The second kappa shape index (κ2) is 7.62. The molecule has 6 heteroatoms. The zero-order valence-electron chi connectivity index (χ0n) is 14.9. The lowest BCUT2D eigenvalue weighted by atomic mass is 10.2. The minimum Gasteiger partial charge on any atom is -0.466 e. The number of aromatic nitrogens is 3. The Labute approximate surface area is 156 Å². The molecule has 130 valence electrons. The number of pyridine rings is 1. The van der Waals surface area contributed by atoms with E-state index in [1.807, 2.05) is 34.5 Å². The van der Waals surface area contributed by atoms with Crippen LogP contribution >= 0.6 is 21.6 Å². The lowest BCUT2D eigenvalue weighted by Gasteiger charge is -2.17. The second-order valence-electron chi connectivity index (χ2n) is 6.48. The van der Waals surface area contributed by atoms with E-state index in [0.717, 1.165) is 10.9 Å². The van der Waals surface area contributed by atoms with Gasteiger partial charge in [-0.25, -0.2) is 0 Å². The normalized spacial score (nSPS) is 11.7. The van der Waals surface area contributed by atoms with Crippen LogP contribution in [-0.4, -0.2) is 21.3 Å². The molecule has 1 aromatic carbocycles. The monoisotopic (exact) mass is 372 g/mol. The largest absolute Gasteiger partial charge is 0.466 e. The molecule has 0 bridgehead atoms. The van der Waals surface area contributed by atoms with Crippen LogP contribution in [0.25, 0.3) is 16.9 Å². The molecule has 0 saturated heterocycles. The summed E-state index contributed by atoms with van der Waals surface area (Å²) in [5.74, 6) is 1.21. The van der Waals surface area contributed by atoms with Crippen molar-refractivity contribution in [3.63, 3.8) is 0 Å². The Bertz CT molecular complexity index is 873. The molecule has 0 saturated carbocycles. The topological polar surface area (TPSA) is 38.9 Å². The summed E-state index contributed by atoms with van der Waals surface area (Å²) in [6, 6.07) is 12.3. The molecular formula is C19H22N3OS2+. The van der Waals surface area contributed by atoms with Gasteiger partial charge in [0.05, 0.1) is 23.8 Å². The summed E-state index contributed by atoms with van der Waals surface area (Å²) in [7, 11) is 3.64. The van der Waals surface area contributed by atoms with Crippen LogP contribution in [0.3, 0.4) is 0 Å². The third kappa shape index (κ3) is 4.44. The van der Waals surface area contributed by atoms with Crippen molar-refractivity contribution in [1.29, 1.82) is 0 Å². The van der Waals surface area contributed by atoms with Gasteiger partial charge >= 0.3 is 5.95 Å². The molecular weight excluding hydrogens is 350 g/mol. The highest BCUT2D eigenvalue weighted by molar-refractivity contribution is 8.77. The van der Waals surface area contributed by atoms with E-state index in [2.05, 4.69) is 55.0 Å². The van der Waals surface area contributed by atoms with Gasteiger partial charge in [0.15, 0.2) is 0 Å². The van der Waals surface area contributed by atoms with Crippen molar-refractivity contribution in [3.8, 4) is 11.8 Å². The summed E-state index contributed by atoms with van der Waals surface area (Å²) >= 11 is 0. The van der Waals surface area contributed by atoms with E-state index < -0.39 is 0 Å². The Morgan fingerprint density at radius 1 is 1.12 bits per heavy atom. The molecule has 0 atom stereocenters. The lowest BCUT2D eigenvalue weighted by molar-refractivity contribution is -0.576. The first kappa shape index (κ1) is 18.0. The van der Waals surface area contributed by atoms with Crippen LogP contribution in [0.2, 0.25) is 0 Å². The minimum absolute atomic E-state index is 0.178. The zero-order valence-corrected chi connectivity index (χ0v) is 16.5. The Balaban J connectivity index is 2.10. The van der Waals surface area contributed by atoms with Gasteiger partial charge in [-0.1, -0.05) is 59.5 Å². The van der Waals surface area contributed by atoms with E-state index in [9.17, 15) is 0 Å². The Morgan fingerprint density at radius 2 is 1.92 bits per heavy atom. The quantitative estimate of drug-likeness (QED) is 0.473. The fourth-order valence-corrected chi connectivity index (χ4v) is 4.51. The predicted molar refractivity (Wildman–Crippen MR) is 105 cm³/mol. The third-order valence-corrected chi connectivity index (χ3v) is 6.67. The van der Waals surface area contributed by atoms with Crippen molar-refractivity contribution in [1.82, 2.24) is 9.97 Å². The number of nitrogens with zero attached hydrogens (tertiary/aromatic N) is 3. The summed E-state index contributed by atoms with van der Waals surface area (Å²) < 4.78 is 7.74. The van der Waals surface area contributed by atoms with Crippen molar-refractivity contribution in [2.45, 2.75) is 37.3 Å². The molecule has 0 aliphatic rings. The number of benzene rings is 1. The molecule has 2 aromatic heterocycles. The number of hydrogen-bond acceptors (Lipinski definition) is 5. The molecule has 0 radical (unpaired) electrons. The standard InChI is InChI=1S/C19H22N3OS2/c1-5-23-16-11-12-20-18(21-16)22-13-7-9-14-8-6-10-15(17(14)22)24-25-19(2,3)4/h6-13H,5H2,1-4H3/q+1. The maximum Gasteiger partial charge on any atom is 0.441 e. The average Bonchev–Trinajstić information content (AvgIpc) is 2.59. The number of ether oxygens (including phenoxy) is 1. The second-order valence-corrected chi connectivity index (χ2v) is 9.48. The van der Waals surface area contributed by atoms with Crippen molar-refractivity contribution >= 4 is 32.5 Å². The molecule has 0 aliphatic heterocycles. The van der Waals surface area contributed by atoms with Gasteiger partial charge in [0.2, 0.25) is 0 Å². The fraction of sp³-hybridized carbons (Fsp3) is 0.316. The predicted octanol–water partition coefficient (Wildman–Crippen LogP) is 4.84. The van der Waals surface area contributed by atoms with Gasteiger partial charge in [-0.2, -0.15) is 4.57 Å². The van der Waals surface area contributed by atoms with Gasteiger partial charge in [-0.05, 0) is 30.1 Å². The first-order valence-electron chi connectivity index (χ1n) is 8.23. The summed E-state index contributed by atoms with van der Waals surface area (Å²) in [5, 5.41) is 1.16. The van der Waals surface area contributed by atoms with E-state index in [4.69, 9.17) is 4.74 Å². The van der Waals surface area contributed by atoms with Crippen molar-refractivity contribution in [2.24, 2.45) is 0 Å². The molecule has 0 spiro atoms.